The molecule has 1 aliphatic rings. The van der Waals surface area contributed by atoms with Crippen LogP contribution < -0.4 is 0 Å². The summed E-state index contributed by atoms with van der Waals surface area (Å²) in [7, 11) is 3.87. The molecule has 0 aromatic heterocycles. The Kier molecular flexibility index (Phi) is 7.73. The predicted molar refractivity (Wildman–Crippen MR) is 97.9 cm³/mol. The van der Waals surface area contributed by atoms with E-state index in [0.29, 0.717) is 32.0 Å². The molecule has 0 saturated carbocycles. The maximum Gasteiger partial charge on any atom is 0.222 e. The molecule has 1 fully saturated rings. The number of nitrogens with zero attached hydrogens (tertiary/aromatic N) is 2. The van der Waals surface area contributed by atoms with Gasteiger partial charge in [-0.05, 0) is 56.8 Å². The summed E-state index contributed by atoms with van der Waals surface area (Å²) >= 11 is 0. The highest BCUT2D eigenvalue weighted by molar-refractivity contribution is 5.76. The van der Waals surface area contributed by atoms with E-state index in [9.17, 15) is 4.79 Å². The van der Waals surface area contributed by atoms with E-state index in [-0.39, 0.29) is 5.91 Å². The van der Waals surface area contributed by atoms with Gasteiger partial charge in [0.2, 0.25) is 5.91 Å². The number of piperidine rings is 1. The van der Waals surface area contributed by atoms with Crippen LogP contribution in [0.1, 0.15) is 36.8 Å². The summed E-state index contributed by atoms with van der Waals surface area (Å²) in [5.74, 6) is 0.916. The molecule has 0 aliphatic carbocycles. The minimum atomic E-state index is 0.253. The van der Waals surface area contributed by atoms with Gasteiger partial charge in [-0.1, -0.05) is 24.3 Å². The smallest absolute Gasteiger partial charge is 0.222 e. The summed E-state index contributed by atoms with van der Waals surface area (Å²) < 4.78 is 5.20. The lowest BCUT2D eigenvalue weighted by atomic mass is 9.93. The number of carbonyl (C=O) groups excluding carboxylic acids is 1. The summed E-state index contributed by atoms with van der Waals surface area (Å²) in [6, 6.07) is 8.30. The minimum absolute atomic E-state index is 0.253. The lowest BCUT2D eigenvalue weighted by Crippen LogP contribution is -2.35. The van der Waals surface area contributed by atoms with Crippen LogP contribution in [0.3, 0.4) is 0 Å². The number of ether oxygens (including phenoxy) is 1. The normalized spacial score (nSPS) is 18.5. The van der Waals surface area contributed by atoms with Crippen LogP contribution in [0.2, 0.25) is 0 Å². The highest BCUT2D eigenvalue weighted by atomic mass is 16.5. The van der Waals surface area contributed by atoms with Crippen molar-refractivity contribution in [2.75, 3.05) is 40.4 Å². The predicted octanol–water partition coefficient (Wildman–Crippen LogP) is 3.09. The molecule has 0 unspecified atom stereocenters. The van der Waals surface area contributed by atoms with Crippen LogP contribution in [0.15, 0.2) is 24.3 Å². The lowest BCUT2D eigenvalue weighted by molar-refractivity contribution is -0.132. The van der Waals surface area contributed by atoms with Crippen LogP contribution in [-0.2, 0) is 16.1 Å². The fraction of sp³-hybridized carbons (Fsp3) is 0.650. The third-order valence-corrected chi connectivity index (χ3v) is 5.03. The number of carbonyl (C=O) groups is 1. The first-order chi connectivity index (χ1) is 11.6. The number of hydrogen-bond donors (Lipinski definition) is 0. The van der Waals surface area contributed by atoms with Crippen LogP contribution in [0.4, 0.5) is 0 Å². The number of aryl methyl sites for hydroxylation is 1. The van der Waals surface area contributed by atoms with E-state index in [1.807, 2.05) is 17.0 Å². The average Bonchev–Trinajstić information content (AvgIpc) is 2.58. The zero-order valence-corrected chi connectivity index (χ0v) is 15.5. The van der Waals surface area contributed by atoms with Crippen molar-refractivity contribution in [3.05, 3.63) is 35.4 Å². The zero-order chi connectivity index (χ0) is 17.4. The molecular formula is C20H32N2O2. The maximum atomic E-state index is 12.7. The van der Waals surface area contributed by atoms with Gasteiger partial charge in [0.1, 0.15) is 0 Å². The number of hydrogen-bond acceptors (Lipinski definition) is 3. The number of amides is 1. The molecule has 2 rings (SSSR count). The molecule has 1 atom stereocenters. The largest absolute Gasteiger partial charge is 0.383 e. The Bertz CT molecular complexity index is 518. The summed E-state index contributed by atoms with van der Waals surface area (Å²) in [6.45, 7) is 6.35. The van der Waals surface area contributed by atoms with Crippen molar-refractivity contribution < 1.29 is 9.53 Å². The third-order valence-electron chi connectivity index (χ3n) is 5.03. The Balaban J connectivity index is 1.91. The second-order valence-corrected chi connectivity index (χ2v) is 7.04. The van der Waals surface area contributed by atoms with Gasteiger partial charge < -0.3 is 14.5 Å². The molecule has 1 aromatic rings. The van der Waals surface area contributed by atoms with E-state index in [1.54, 1.807) is 7.11 Å². The fourth-order valence-electron chi connectivity index (χ4n) is 3.48. The van der Waals surface area contributed by atoms with Gasteiger partial charge in [-0.25, -0.2) is 0 Å². The summed E-state index contributed by atoms with van der Waals surface area (Å²) in [5, 5.41) is 0. The van der Waals surface area contributed by atoms with Crippen molar-refractivity contribution in [2.45, 2.75) is 39.2 Å². The second-order valence-electron chi connectivity index (χ2n) is 7.04. The van der Waals surface area contributed by atoms with E-state index in [4.69, 9.17) is 4.74 Å². The third kappa shape index (κ3) is 5.91. The molecular weight excluding hydrogens is 300 g/mol. The number of rotatable bonds is 8. The van der Waals surface area contributed by atoms with Gasteiger partial charge in [0.25, 0.3) is 0 Å². The summed E-state index contributed by atoms with van der Waals surface area (Å²) in [5.41, 5.74) is 2.46. The molecule has 4 heteroatoms. The number of methoxy groups -OCH3 is 1. The van der Waals surface area contributed by atoms with Crippen molar-refractivity contribution in [1.29, 1.82) is 0 Å². The second kappa shape index (κ2) is 9.80. The van der Waals surface area contributed by atoms with Crippen molar-refractivity contribution in [3.8, 4) is 0 Å². The fourth-order valence-corrected chi connectivity index (χ4v) is 3.48. The molecule has 0 spiro atoms. The molecule has 0 bridgehead atoms. The number of likely N-dealkylation sites (tertiary alicyclic amines) is 1. The summed E-state index contributed by atoms with van der Waals surface area (Å²) in [4.78, 5) is 17.1. The molecule has 24 heavy (non-hydrogen) atoms. The molecule has 1 aromatic carbocycles. The first-order valence-electron chi connectivity index (χ1n) is 9.10. The van der Waals surface area contributed by atoms with Gasteiger partial charge >= 0.3 is 0 Å². The van der Waals surface area contributed by atoms with E-state index < -0.39 is 0 Å². The Morgan fingerprint density at radius 2 is 2.17 bits per heavy atom. The van der Waals surface area contributed by atoms with Gasteiger partial charge in [0.05, 0.1) is 6.61 Å². The highest BCUT2D eigenvalue weighted by Crippen LogP contribution is 2.21. The SMILES string of the molecule is COCCN(Cc1ccccc1C)C(=O)CC[C@H]1CCCN(C)C1. The van der Waals surface area contributed by atoms with Gasteiger partial charge in [0.15, 0.2) is 0 Å². The van der Waals surface area contributed by atoms with Crippen molar-refractivity contribution in [2.24, 2.45) is 5.92 Å². The van der Waals surface area contributed by atoms with Crippen LogP contribution in [0.5, 0.6) is 0 Å². The lowest BCUT2D eigenvalue weighted by Gasteiger charge is -2.30. The Labute approximate surface area is 146 Å². The van der Waals surface area contributed by atoms with E-state index >= 15 is 0 Å². The topological polar surface area (TPSA) is 32.8 Å². The van der Waals surface area contributed by atoms with Gasteiger partial charge in [-0.3, -0.25) is 4.79 Å². The molecule has 1 amide bonds. The van der Waals surface area contributed by atoms with Gasteiger partial charge in [-0.2, -0.15) is 0 Å². The molecule has 1 saturated heterocycles. The molecule has 4 nitrogen and oxygen atoms in total. The Morgan fingerprint density at radius 3 is 2.88 bits per heavy atom. The van der Waals surface area contributed by atoms with Crippen LogP contribution in [0.25, 0.3) is 0 Å². The van der Waals surface area contributed by atoms with Gasteiger partial charge in [-0.15, -0.1) is 0 Å². The molecule has 1 aliphatic heterocycles. The standard InChI is InChI=1S/C20H32N2O2/c1-17-7-4-5-9-19(17)16-22(13-14-24-3)20(23)11-10-18-8-6-12-21(2)15-18/h4-5,7,9,18H,6,8,10-16H2,1-3H3/t18-/m1/s1. The maximum absolute atomic E-state index is 12.7. The van der Waals surface area contributed by atoms with E-state index in [0.717, 1.165) is 13.0 Å². The van der Waals surface area contributed by atoms with Crippen molar-refractivity contribution in [3.63, 3.8) is 0 Å². The van der Waals surface area contributed by atoms with Crippen molar-refractivity contribution in [1.82, 2.24) is 9.80 Å². The minimum Gasteiger partial charge on any atom is -0.383 e. The van der Waals surface area contributed by atoms with Gasteiger partial charge in [0, 0.05) is 33.2 Å². The van der Waals surface area contributed by atoms with E-state index in [2.05, 4.69) is 31.0 Å². The zero-order valence-electron chi connectivity index (χ0n) is 15.5. The van der Waals surface area contributed by atoms with Crippen LogP contribution >= 0.6 is 0 Å². The van der Waals surface area contributed by atoms with Crippen molar-refractivity contribution >= 4 is 5.91 Å². The average molecular weight is 332 g/mol. The molecule has 0 N–H and O–H groups in total. The Hall–Kier alpha value is -1.39. The van der Waals surface area contributed by atoms with E-state index in [1.165, 1.54) is 30.5 Å². The number of benzene rings is 1. The first-order valence-corrected chi connectivity index (χ1v) is 9.10. The summed E-state index contributed by atoms with van der Waals surface area (Å²) in [6.07, 6.45) is 4.16. The molecule has 1 heterocycles. The quantitative estimate of drug-likeness (QED) is 0.733. The van der Waals surface area contributed by atoms with Crippen LogP contribution in [0, 0.1) is 12.8 Å². The molecule has 0 radical (unpaired) electrons. The first kappa shape index (κ1) is 18.9. The Morgan fingerprint density at radius 1 is 1.38 bits per heavy atom. The van der Waals surface area contributed by atoms with Crippen LogP contribution in [-0.4, -0.2) is 56.1 Å². The monoisotopic (exact) mass is 332 g/mol. The highest BCUT2D eigenvalue weighted by Gasteiger charge is 2.20. The molecule has 134 valence electrons.